The Balaban J connectivity index is 1.41. The third-order valence-electron chi connectivity index (χ3n) is 5.39. The van der Waals surface area contributed by atoms with Crippen LogP contribution in [0, 0.1) is 13.8 Å². The third-order valence-corrected chi connectivity index (χ3v) is 6.28. The summed E-state index contributed by atoms with van der Waals surface area (Å²) in [5.41, 5.74) is 3.86. The molecule has 0 spiro atoms. The van der Waals surface area contributed by atoms with Crippen LogP contribution in [0.2, 0.25) is 0 Å². The summed E-state index contributed by atoms with van der Waals surface area (Å²) in [5, 5.41) is 2.76. The minimum atomic E-state index is 0.00555. The van der Waals surface area contributed by atoms with Gasteiger partial charge in [0, 0.05) is 48.9 Å². The van der Waals surface area contributed by atoms with Crippen molar-refractivity contribution in [1.29, 1.82) is 0 Å². The Labute approximate surface area is 181 Å². The van der Waals surface area contributed by atoms with Gasteiger partial charge >= 0.3 is 0 Å². The van der Waals surface area contributed by atoms with E-state index in [9.17, 15) is 4.79 Å². The van der Waals surface area contributed by atoms with Crippen molar-refractivity contribution in [2.75, 3.05) is 31.1 Å². The van der Waals surface area contributed by atoms with Gasteiger partial charge in [-0.05, 0) is 25.3 Å². The highest BCUT2D eigenvalue weighted by Crippen LogP contribution is 2.26. The Morgan fingerprint density at radius 1 is 1.00 bits per heavy atom. The quantitative estimate of drug-likeness (QED) is 0.628. The molecule has 0 unspecified atom stereocenters. The van der Waals surface area contributed by atoms with Crippen LogP contribution in [0.25, 0.3) is 10.6 Å². The fraction of sp³-hybridized carbons (Fsp3) is 0.391. The topological polar surface area (TPSA) is 62.2 Å². The van der Waals surface area contributed by atoms with Crippen LogP contribution in [0.5, 0.6) is 0 Å². The van der Waals surface area contributed by atoms with Gasteiger partial charge < -0.3 is 9.80 Å². The summed E-state index contributed by atoms with van der Waals surface area (Å²) in [6.45, 7) is 11.1. The molecular weight excluding hydrogens is 394 g/mol. The molecule has 1 aliphatic heterocycles. The van der Waals surface area contributed by atoms with E-state index in [4.69, 9.17) is 0 Å². The Morgan fingerprint density at radius 3 is 2.33 bits per heavy atom. The van der Waals surface area contributed by atoms with E-state index in [-0.39, 0.29) is 5.91 Å². The Bertz CT molecular complexity index is 1020. The predicted octanol–water partition coefficient (Wildman–Crippen LogP) is 4.30. The number of thiazole rings is 1. The molecule has 1 aromatic carbocycles. The predicted molar refractivity (Wildman–Crippen MR) is 121 cm³/mol. The maximum Gasteiger partial charge on any atom is 0.273 e. The maximum absolute atomic E-state index is 13.0. The second kappa shape index (κ2) is 8.52. The highest BCUT2D eigenvalue weighted by atomic mass is 32.1. The molecule has 0 bridgehead atoms. The Morgan fingerprint density at radius 2 is 1.70 bits per heavy atom. The lowest BCUT2D eigenvalue weighted by Gasteiger charge is -2.35. The molecule has 156 valence electrons. The van der Waals surface area contributed by atoms with E-state index in [1.165, 1.54) is 16.9 Å². The summed E-state index contributed by atoms with van der Waals surface area (Å²) in [5.74, 6) is 2.22. The molecule has 1 fully saturated rings. The number of amides is 1. The second-order valence-electron chi connectivity index (χ2n) is 8.01. The minimum Gasteiger partial charge on any atom is -0.353 e. The van der Waals surface area contributed by atoms with E-state index in [0.717, 1.165) is 41.0 Å². The number of rotatable bonds is 4. The van der Waals surface area contributed by atoms with Gasteiger partial charge in [0.05, 0.1) is 0 Å². The summed E-state index contributed by atoms with van der Waals surface area (Å²) < 4.78 is 0. The van der Waals surface area contributed by atoms with Crippen LogP contribution in [0.15, 0.2) is 35.7 Å². The fourth-order valence-electron chi connectivity index (χ4n) is 3.68. The molecule has 4 rings (SSSR count). The summed E-state index contributed by atoms with van der Waals surface area (Å²) in [4.78, 5) is 30.6. The number of aryl methyl sites for hydroxylation is 2. The largest absolute Gasteiger partial charge is 0.353 e. The average molecular weight is 422 g/mol. The van der Waals surface area contributed by atoms with Gasteiger partial charge in [-0.2, -0.15) is 0 Å². The lowest BCUT2D eigenvalue weighted by molar-refractivity contribution is 0.0741. The zero-order valence-corrected chi connectivity index (χ0v) is 18.7. The number of piperazine rings is 1. The van der Waals surface area contributed by atoms with E-state index in [1.807, 2.05) is 30.2 Å². The molecule has 30 heavy (non-hydrogen) atoms. The van der Waals surface area contributed by atoms with E-state index in [0.29, 0.717) is 24.7 Å². The molecule has 1 aliphatic rings. The van der Waals surface area contributed by atoms with Gasteiger partial charge in [0.2, 0.25) is 0 Å². The highest BCUT2D eigenvalue weighted by Gasteiger charge is 2.25. The van der Waals surface area contributed by atoms with Crippen molar-refractivity contribution < 1.29 is 4.79 Å². The summed E-state index contributed by atoms with van der Waals surface area (Å²) >= 11 is 1.52. The molecule has 6 nitrogen and oxygen atoms in total. The number of carbonyl (C=O) groups excluding carboxylic acids is 1. The van der Waals surface area contributed by atoms with E-state index in [1.54, 1.807) is 0 Å². The van der Waals surface area contributed by atoms with Gasteiger partial charge in [0.25, 0.3) is 5.91 Å². The molecular formula is C23H27N5OS. The molecule has 3 aromatic rings. The number of aromatic nitrogens is 3. The third kappa shape index (κ3) is 4.36. The second-order valence-corrected chi connectivity index (χ2v) is 8.87. The Hall–Kier alpha value is -2.80. The first-order valence-corrected chi connectivity index (χ1v) is 11.2. The first-order valence-electron chi connectivity index (χ1n) is 10.3. The smallest absolute Gasteiger partial charge is 0.273 e. The SMILES string of the molecule is Cc1cc(N2CCN(C(=O)c3csc(-c4ccc(C(C)C)cc4)n3)CC2)nc(C)n1. The minimum absolute atomic E-state index is 0.00555. The normalized spacial score (nSPS) is 14.4. The first-order chi connectivity index (χ1) is 14.4. The summed E-state index contributed by atoms with van der Waals surface area (Å²) in [6, 6.07) is 10.5. The monoisotopic (exact) mass is 421 g/mol. The van der Waals surface area contributed by atoms with Crippen molar-refractivity contribution in [1.82, 2.24) is 19.9 Å². The van der Waals surface area contributed by atoms with Crippen molar-refractivity contribution >= 4 is 23.1 Å². The van der Waals surface area contributed by atoms with Crippen LogP contribution >= 0.6 is 11.3 Å². The number of hydrogen-bond donors (Lipinski definition) is 0. The van der Waals surface area contributed by atoms with E-state index >= 15 is 0 Å². The molecule has 3 heterocycles. The maximum atomic E-state index is 13.0. The van der Waals surface area contributed by atoms with Gasteiger partial charge in [-0.15, -0.1) is 11.3 Å². The standard InChI is InChI=1S/C23H27N5OS/c1-15(2)18-5-7-19(8-6-18)22-26-20(14-30-22)23(29)28-11-9-27(10-12-28)21-13-16(3)24-17(4)25-21/h5-8,13-15H,9-12H2,1-4H3. The molecule has 0 saturated carbocycles. The van der Waals surface area contributed by atoms with Crippen molar-refractivity contribution in [3.8, 4) is 10.6 Å². The van der Waals surface area contributed by atoms with Gasteiger partial charge in [0.15, 0.2) is 0 Å². The van der Waals surface area contributed by atoms with Gasteiger partial charge in [0.1, 0.15) is 22.3 Å². The number of hydrogen-bond acceptors (Lipinski definition) is 6. The fourth-order valence-corrected chi connectivity index (χ4v) is 4.48. The van der Waals surface area contributed by atoms with Gasteiger partial charge in [-0.25, -0.2) is 15.0 Å². The molecule has 7 heteroatoms. The van der Waals surface area contributed by atoms with Crippen molar-refractivity contribution in [3.05, 3.63) is 58.5 Å². The average Bonchev–Trinajstić information content (AvgIpc) is 3.23. The van der Waals surface area contributed by atoms with Crippen molar-refractivity contribution in [2.24, 2.45) is 0 Å². The molecule has 1 saturated heterocycles. The zero-order valence-electron chi connectivity index (χ0n) is 17.9. The van der Waals surface area contributed by atoms with E-state index < -0.39 is 0 Å². The Kier molecular flexibility index (Phi) is 5.81. The summed E-state index contributed by atoms with van der Waals surface area (Å²) in [6.07, 6.45) is 0. The van der Waals surface area contributed by atoms with E-state index in [2.05, 4.69) is 58.0 Å². The molecule has 0 radical (unpaired) electrons. The number of anilines is 1. The lowest BCUT2D eigenvalue weighted by Crippen LogP contribution is -2.49. The molecule has 2 aromatic heterocycles. The molecule has 0 aliphatic carbocycles. The van der Waals surface area contributed by atoms with Crippen molar-refractivity contribution in [3.63, 3.8) is 0 Å². The number of benzene rings is 1. The van der Waals surface area contributed by atoms with Crippen LogP contribution in [0.1, 0.15) is 47.3 Å². The molecule has 0 atom stereocenters. The van der Waals surface area contributed by atoms with Crippen molar-refractivity contribution in [2.45, 2.75) is 33.6 Å². The van der Waals surface area contributed by atoms with Crippen LogP contribution in [-0.4, -0.2) is 51.9 Å². The first kappa shape index (κ1) is 20.5. The molecule has 0 N–H and O–H groups in total. The van der Waals surface area contributed by atoms with Crippen LogP contribution < -0.4 is 4.90 Å². The van der Waals surface area contributed by atoms with Gasteiger partial charge in [-0.1, -0.05) is 38.1 Å². The number of nitrogens with zero attached hydrogens (tertiary/aromatic N) is 5. The molecule has 1 amide bonds. The van der Waals surface area contributed by atoms with Crippen LogP contribution in [0.3, 0.4) is 0 Å². The van der Waals surface area contributed by atoms with Crippen LogP contribution in [0.4, 0.5) is 5.82 Å². The highest BCUT2D eigenvalue weighted by molar-refractivity contribution is 7.13. The number of carbonyl (C=O) groups is 1. The summed E-state index contributed by atoms with van der Waals surface area (Å²) in [7, 11) is 0. The van der Waals surface area contributed by atoms with Gasteiger partial charge in [-0.3, -0.25) is 4.79 Å². The lowest BCUT2D eigenvalue weighted by atomic mass is 10.0. The van der Waals surface area contributed by atoms with Crippen LogP contribution in [-0.2, 0) is 0 Å². The zero-order chi connectivity index (χ0) is 21.3.